The molecule has 1 heterocycles. The molecule has 0 saturated carbocycles. The van der Waals surface area contributed by atoms with Gasteiger partial charge in [-0.3, -0.25) is 0 Å². The highest BCUT2D eigenvalue weighted by molar-refractivity contribution is 5.68. The molecular formula is C15H20F2N2O3. The number of carbonyl (C=O) groups is 1. The smallest absolute Gasteiger partial charge is 0.410 e. The summed E-state index contributed by atoms with van der Waals surface area (Å²) in [7, 11) is 0. The number of anilines is 1. The third-order valence-corrected chi connectivity index (χ3v) is 3.25. The Morgan fingerprint density at radius 2 is 1.64 bits per heavy atom. The predicted octanol–water partition coefficient (Wildman–Crippen LogP) is 2.73. The van der Waals surface area contributed by atoms with Crippen molar-refractivity contribution in [1.82, 2.24) is 4.90 Å². The van der Waals surface area contributed by atoms with Gasteiger partial charge in [-0.1, -0.05) is 0 Å². The second kappa shape index (κ2) is 5.98. The largest absolute Gasteiger partial charge is 0.508 e. The van der Waals surface area contributed by atoms with E-state index < -0.39 is 29.1 Å². The van der Waals surface area contributed by atoms with Gasteiger partial charge in [-0.25, -0.2) is 13.6 Å². The second-order valence-corrected chi connectivity index (χ2v) is 6.21. The Morgan fingerprint density at radius 3 is 2.09 bits per heavy atom. The lowest BCUT2D eigenvalue weighted by atomic mass is 10.2. The standard InChI is InChI=1S/C15H20F2N2O3/c1-15(2,3)22-14(21)19-6-4-18(5-7-19)13-11(16)8-10(20)9-12(13)17/h8-9,20H,4-7H2,1-3H3. The van der Waals surface area contributed by atoms with E-state index in [0.29, 0.717) is 13.1 Å². The molecule has 0 aromatic heterocycles. The van der Waals surface area contributed by atoms with E-state index in [0.717, 1.165) is 12.1 Å². The van der Waals surface area contributed by atoms with Crippen LogP contribution in [-0.4, -0.2) is 47.9 Å². The molecule has 2 rings (SSSR count). The Labute approximate surface area is 128 Å². The summed E-state index contributed by atoms with van der Waals surface area (Å²) in [4.78, 5) is 15.0. The number of hydrogen-bond acceptors (Lipinski definition) is 4. The van der Waals surface area contributed by atoms with Gasteiger partial charge in [0.25, 0.3) is 0 Å². The molecule has 22 heavy (non-hydrogen) atoms. The molecule has 122 valence electrons. The highest BCUT2D eigenvalue weighted by Gasteiger charge is 2.28. The van der Waals surface area contributed by atoms with Crippen molar-refractivity contribution in [3.8, 4) is 5.75 Å². The van der Waals surface area contributed by atoms with Gasteiger partial charge in [-0.05, 0) is 20.8 Å². The molecule has 0 atom stereocenters. The van der Waals surface area contributed by atoms with E-state index in [-0.39, 0.29) is 18.8 Å². The van der Waals surface area contributed by atoms with Crippen molar-refractivity contribution < 1.29 is 23.4 Å². The number of nitrogens with zero attached hydrogens (tertiary/aromatic N) is 2. The quantitative estimate of drug-likeness (QED) is 0.866. The molecule has 5 nitrogen and oxygen atoms in total. The molecule has 0 unspecified atom stereocenters. The van der Waals surface area contributed by atoms with Gasteiger partial charge >= 0.3 is 6.09 Å². The van der Waals surface area contributed by atoms with Crippen LogP contribution in [-0.2, 0) is 4.74 Å². The Hall–Kier alpha value is -2.05. The number of carbonyl (C=O) groups excluding carboxylic acids is 1. The van der Waals surface area contributed by atoms with Crippen molar-refractivity contribution in [2.75, 3.05) is 31.1 Å². The maximum atomic E-state index is 13.8. The second-order valence-electron chi connectivity index (χ2n) is 6.21. The maximum Gasteiger partial charge on any atom is 0.410 e. The van der Waals surface area contributed by atoms with Gasteiger partial charge in [0, 0.05) is 38.3 Å². The van der Waals surface area contributed by atoms with Crippen LogP contribution in [0, 0.1) is 11.6 Å². The number of benzene rings is 1. The van der Waals surface area contributed by atoms with Crippen LogP contribution in [0.5, 0.6) is 5.75 Å². The minimum absolute atomic E-state index is 0.179. The van der Waals surface area contributed by atoms with Crippen LogP contribution in [0.2, 0.25) is 0 Å². The van der Waals surface area contributed by atoms with E-state index in [2.05, 4.69) is 0 Å². The molecule has 0 aliphatic carbocycles. The van der Waals surface area contributed by atoms with Crippen LogP contribution in [0.25, 0.3) is 0 Å². The molecule has 0 radical (unpaired) electrons. The van der Waals surface area contributed by atoms with Gasteiger partial charge in [-0.15, -0.1) is 0 Å². The van der Waals surface area contributed by atoms with Gasteiger partial charge in [0.1, 0.15) is 17.0 Å². The minimum atomic E-state index is -0.816. The van der Waals surface area contributed by atoms with Crippen molar-refractivity contribution in [3.05, 3.63) is 23.8 Å². The molecule has 1 fully saturated rings. The Bertz CT molecular complexity index is 541. The van der Waals surface area contributed by atoms with Gasteiger partial charge < -0.3 is 19.6 Å². The van der Waals surface area contributed by atoms with Crippen LogP contribution in [0.1, 0.15) is 20.8 Å². The van der Waals surface area contributed by atoms with Crippen molar-refractivity contribution >= 4 is 11.8 Å². The average molecular weight is 314 g/mol. The number of phenols is 1. The Morgan fingerprint density at radius 1 is 1.14 bits per heavy atom. The fourth-order valence-corrected chi connectivity index (χ4v) is 2.29. The van der Waals surface area contributed by atoms with Crippen LogP contribution >= 0.6 is 0 Å². The summed E-state index contributed by atoms with van der Waals surface area (Å²) >= 11 is 0. The summed E-state index contributed by atoms with van der Waals surface area (Å²) in [5.41, 5.74) is -0.759. The summed E-state index contributed by atoms with van der Waals surface area (Å²) in [6.07, 6.45) is -0.432. The minimum Gasteiger partial charge on any atom is -0.508 e. The summed E-state index contributed by atoms with van der Waals surface area (Å²) in [5.74, 6) is -2.09. The van der Waals surface area contributed by atoms with Crippen LogP contribution in [0.4, 0.5) is 19.3 Å². The first-order valence-corrected chi connectivity index (χ1v) is 7.08. The van der Waals surface area contributed by atoms with E-state index >= 15 is 0 Å². The van der Waals surface area contributed by atoms with Crippen molar-refractivity contribution in [2.45, 2.75) is 26.4 Å². The number of amides is 1. The van der Waals surface area contributed by atoms with Gasteiger partial charge in [0.15, 0.2) is 11.6 Å². The third kappa shape index (κ3) is 3.78. The SMILES string of the molecule is CC(C)(C)OC(=O)N1CCN(c2c(F)cc(O)cc2F)CC1. The molecule has 1 amide bonds. The third-order valence-electron chi connectivity index (χ3n) is 3.25. The average Bonchev–Trinajstić information content (AvgIpc) is 2.36. The van der Waals surface area contributed by atoms with Gasteiger partial charge in [0.2, 0.25) is 0 Å². The lowest BCUT2D eigenvalue weighted by Gasteiger charge is -2.36. The molecule has 1 aliphatic heterocycles. The summed E-state index contributed by atoms with van der Waals surface area (Å²) in [5, 5.41) is 9.17. The highest BCUT2D eigenvalue weighted by Crippen LogP contribution is 2.28. The number of aromatic hydroxyl groups is 1. The highest BCUT2D eigenvalue weighted by atomic mass is 19.1. The van der Waals surface area contributed by atoms with Crippen molar-refractivity contribution in [1.29, 1.82) is 0 Å². The number of piperazine rings is 1. The number of rotatable bonds is 1. The lowest BCUT2D eigenvalue weighted by Crippen LogP contribution is -2.50. The number of halogens is 2. The molecular weight excluding hydrogens is 294 g/mol. The number of ether oxygens (including phenoxy) is 1. The fourth-order valence-electron chi connectivity index (χ4n) is 2.29. The van der Waals surface area contributed by atoms with E-state index in [1.807, 2.05) is 0 Å². The summed E-state index contributed by atoms with van der Waals surface area (Å²) < 4.78 is 32.9. The molecule has 0 spiro atoms. The zero-order valence-electron chi connectivity index (χ0n) is 12.9. The maximum absolute atomic E-state index is 13.8. The molecule has 1 saturated heterocycles. The number of phenolic OH excluding ortho intramolecular Hbond substituents is 1. The van der Waals surface area contributed by atoms with Crippen molar-refractivity contribution in [2.24, 2.45) is 0 Å². The zero-order valence-corrected chi connectivity index (χ0v) is 12.9. The fraction of sp³-hybridized carbons (Fsp3) is 0.533. The summed E-state index contributed by atoms with van der Waals surface area (Å²) in [6.45, 7) is 6.55. The number of hydrogen-bond donors (Lipinski definition) is 1. The first-order valence-electron chi connectivity index (χ1n) is 7.08. The first-order chi connectivity index (χ1) is 10.2. The first kappa shape index (κ1) is 16.3. The Balaban J connectivity index is 2.02. The monoisotopic (exact) mass is 314 g/mol. The lowest BCUT2D eigenvalue weighted by molar-refractivity contribution is 0.0240. The van der Waals surface area contributed by atoms with Crippen LogP contribution < -0.4 is 4.90 Å². The molecule has 1 aromatic rings. The summed E-state index contributed by atoms with van der Waals surface area (Å²) in [6, 6.07) is 1.75. The molecule has 1 aliphatic rings. The Kier molecular flexibility index (Phi) is 4.44. The van der Waals surface area contributed by atoms with Gasteiger partial charge in [0.05, 0.1) is 0 Å². The van der Waals surface area contributed by atoms with Crippen LogP contribution in [0.15, 0.2) is 12.1 Å². The zero-order chi connectivity index (χ0) is 16.5. The topological polar surface area (TPSA) is 53.0 Å². The van der Waals surface area contributed by atoms with Crippen LogP contribution in [0.3, 0.4) is 0 Å². The molecule has 1 N–H and O–H groups in total. The van der Waals surface area contributed by atoms with Gasteiger partial charge in [-0.2, -0.15) is 0 Å². The predicted molar refractivity (Wildman–Crippen MR) is 78.0 cm³/mol. The van der Waals surface area contributed by atoms with E-state index in [1.165, 1.54) is 9.80 Å². The normalized spacial score (nSPS) is 15.9. The van der Waals surface area contributed by atoms with E-state index in [4.69, 9.17) is 4.74 Å². The molecule has 7 heteroatoms. The van der Waals surface area contributed by atoms with Crippen molar-refractivity contribution in [3.63, 3.8) is 0 Å². The molecule has 1 aromatic carbocycles. The van der Waals surface area contributed by atoms with E-state index in [9.17, 15) is 18.7 Å². The molecule has 0 bridgehead atoms. The van der Waals surface area contributed by atoms with E-state index in [1.54, 1.807) is 20.8 Å².